The van der Waals surface area contributed by atoms with Gasteiger partial charge in [0.25, 0.3) is 5.56 Å². The van der Waals surface area contributed by atoms with E-state index in [1.54, 1.807) is 26.2 Å². The second kappa shape index (κ2) is 10.6. The van der Waals surface area contributed by atoms with Crippen molar-refractivity contribution >= 4 is 45.7 Å². The van der Waals surface area contributed by atoms with Gasteiger partial charge in [-0.2, -0.15) is 4.98 Å². The fraction of sp³-hybridized carbons (Fsp3) is 0.462. The van der Waals surface area contributed by atoms with Crippen LogP contribution < -0.4 is 20.5 Å². The zero-order valence-electron chi connectivity index (χ0n) is 20.7. The molecule has 0 atom stereocenters. The Morgan fingerprint density at radius 2 is 2.00 bits per heavy atom. The standard InChI is InChI=1S/C26H32ClN5O3/c1-5-20(33)15-35-23-13-18-12-19(6-7-22(18)31(4)25(23)34)29-24-21(27)14-28-26(30-24)32-10-8-17(9-11-32)16(2)3/h6-7,12-14,16-17H,5,8-11,15H2,1-4H3,(H,28,29,30). The largest absolute Gasteiger partial charge is 0.480 e. The highest BCUT2D eigenvalue weighted by atomic mass is 35.5. The lowest BCUT2D eigenvalue weighted by molar-refractivity contribution is -0.120. The number of Topliss-reactive ketones (excluding diaryl/α,β-unsaturated/α-hetero) is 1. The third kappa shape index (κ3) is 5.59. The molecule has 1 fully saturated rings. The van der Waals surface area contributed by atoms with Crippen molar-refractivity contribution in [2.24, 2.45) is 18.9 Å². The number of pyridine rings is 1. The summed E-state index contributed by atoms with van der Waals surface area (Å²) < 4.78 is 7.03. The number of carbonyl (C=O) groups excluding carboxylic acids is 1. The molecule has 0 aliphatic carbocycles. The van der Waals surface area contributed by atoms with Gasteiger partial charge in [-0.25, -0.2) is 4.98 Å². The maximum Gasteiger partial charge on any atom is 0.293 e. The Morgan fingerprint density at radius 3 is 2.69 bits per heavy atom. The predicted octanol–water partition coefficient (Wildman–Crippen LogP) is 4.96. The molecule has 1 aliphatic rings. The van der Waals surface area contributed by atoms with E-state index < -0.39 is 0 Å². The summed E-state index contributed by atoms with van der Waals surface area (Å²) in [5.74, 6) is 2.69. The lowest BCUT2D eigenvalue weighted by Gasteiger charge is -2.34. The summed E-state index contributed by atoms with van der Waals surface area (Å²) in [6.07, 6.45) is 4.25. The first-order valence-corrected chi connectivity index (χ1v) is 12.5. The Morgan fingerprint density at radius 1 is 1.26 bits per heavy atom. The van der Waals surface area contributed by atoms with Crippen molar-refractivity contribution in [2.75, 3.05) is 29.9 Å². The van der Waals surface area contributed by atoms with Crippen LogP contribution in [0.5, 0.6) is 5.75 Å². The van der Waals surface area contributed by atoms with E-state index in [1.165, 1.54) is 4.57 Å². The van der Waals surface area contributed by atoms with Crippen LogP contribution in [0.4, 0.5) is 17.5 Å². The van der Waals surface area contributed by atoms with Crippen molar-refractivity contribution in [3.8, 4) is 5.75 Å². The van der Waals surface area contributed by atoms with Crippen LogP contribution in [0.15, 0.2) is 35.3 Å². The number of hydrogen-bond acceptors (Lipinski definition) is 7. The fourth-order valence-corrected chi connectivity index (χ4v) is 4.53. The van der Waals surface area contributed by atoms with Crippen LogP contribution in [0.2, 0.25) is 5.02 Å². The van der Waals surface area contributed by atoms with Gasteiger partial charge in [0, 0.05) is 37.6 Å². The second-order valence-corrected chi connectivity index (χ2v) is 9.79. The summed E-state index contributed by atoms with van der Waals surface area (Å²) in [5.41, 5.74) is 1.22. The summed E-state index contributed by atoms with van der Waals surface area (Å²) in [4.78, 5) is 35.6. The summed E-state index contributed by atoms with van der Waals surface area (Å²) in [5, 5.41) is 4.51. The second-order valence-electron chi connectivity index (χ2n) is 9.39. The molecule has 0 spiro atoms. The van der Waals surface area contributed by atoms with E-state index in [0.29, 0.717) is 29.1 Å². The number of nitrogens with zero attached hydrogens (tertiary/aromatic N) is 4. The van der Waals surface area contributed by atoms with Crippen LogP contribution in [0, 0.1) is 11.8 Å². The SMILES string of the molecule is CCC(=O)COc1cc2cc(Nc3nc(N4CCC(C(C)C)CC4)ncc3Cl)ccc2n(C)c1=O. The molecule has 0 bridgehead atoms. The number of ketones is 1. The van der Waals surface area contributed by atoms with Crippen LogP contribution >= 0.6 is 11.6 Å². The smallest absolute Gasteiger partial charge is 0.293 e. The highest BCUT2D eigenvalue weighted by molar-refractivity contribution is 6.32. The van der Waals surface area contributed by atoms with Gasteiger partial charge in [-0.3, -0.25) is 9.59 Å². The number of rotatable bonds is 8. The normalized spacial score (nSPS) is 14.5. The zero-order chi connectivity index (χ0) is 25.1. The number of aryl methyl sites for hydroxylation is 1. The first kappa shape index (κ1) is 25.0. The average molecular weight is 498 g/mol. The van der Waals surface area contributed by atoms with Gasteiger partial charge in [-0.15, -0.1) is 0 Å². The van der Waals surface area contributed by atoms with Crippen molar-refractivity contribution in [3.63, 3.8) is 0 Å². The molecule has 186 valence electrons. The van der Waals surface area contributed by atoms with Crippen molar-refractivity contribution in [1.29, 1.82) is 0 Å². The van der Waals surface area contributed by atoms with Gasteiger partial charge in [-0.05, 0) is 48.9 Å². The molecular weight excluding hydrogens is 466 g/mol. The molecule has 8 nitrogen and oxygen atoms in total. The molecule has 1 saturated heterocycles. The number of anilines is 3. The van der Waals surface area contributed by atoms with Gasteiger partial charge >= 0.3 is 0 Å². The van der Waals surface area contributed by atoms with Gasteiger partial charge in [0.15, 0.2) is 17.4 Å². The Kier molecular flexibility index (Phi) is 7.60. The number of hydrogen-bond donors (Lipinski definition) is 1. The van der Waals surface area contributed by atoms with Crippen LogP contribution in [-0.2, 0) is 11.8 Å². The Bertz CT molecular complexity index is 1280. The Balaban J connectivity index is 1.57. The minimum atomic E-state index is -0.285. The molecule has 2 aromatic heterocycles. The number of aromatic nitrogens is 3. The molecule has 9 heteroatoms. The van der Waals surface area contributed by atoms with Gasteiger partial charge in [0.1, 0.15) is 11.6 Å². The highest BCUT2D eigenvalue weighted by Crippen LogP contribution is 2.30. The number of benzene rings is 1. The molecule has 1 N–H and O–H groups in total. The molecule has 35 heavy (non-hydrogen) atoms. The molecule has 3 heterocycles. The topological polar surface area (TPSA) is 89.3 Å². The van der Waals surface area contributed by atoms with Crippen LogP contribution in [0.25, 0.3) is 10.9 Å². The first-order chi connectivity index (χ1) is 16.8. The molecule has 0 radical (unpaired) electrons. The molecule has 0 saturated carbocycles. The van der Waals surface area contributed by atoms with E-state index in [2.05, 4.69) is 29.0 Å². The summed E-state index contributed by atoms with van der Waals surface area (Å²) in [7, 11) is 1.68. The van der Waals surface area contributed by atoms with Crippen molar-refractivity contribution in [3.05, 3.63) is 45.8 Å². The van der Waals surface area contributed by atoms with Gasteiger partial charge in [-0.1, -0.05) is 32.4 Å². The molecule has 0 unspecified atom stereocenters. The lowest BCUT2D eigenvalue weighted by Crippen LogP contribution is -2.36. The number of fused-ring (bicyclic) bond motifs is 1. The average Bonchev–Trinajstić information content (AvgIpc) is 2.86. The molecular formula is C26H32ClN5O3. The molecule has 0 amide bonds. The van der Waals surface area contributed by atoms with Crippen LogP contribution in [0.1, 0.15) is 40.0 Å². The summed E-state index contributed by atoms with van der Waals surface area (Å²) >= 11 is 6.42. The van der Waals surface area contributed by atoms with Gasteiger partial charge in [0.2, 0.25) is 5.95 Å². The molecule has 4 rings (SSSR count). The quantitative estimate of drug-likeness (QED) is 0.470. The minimum Gasteiger partial charge on any atom is -0.480 e. The van der Waals surface area contributed by atoms with Crippen molar-refractivity contribution < 1.29 is 9.53 Å². The third-order valence-corrected chi connectivity index (χ3v) is 7.01. The molecule has 1 aromatic carbocycles. The van der Waals surface area contributed by atoms with E-state index in [1.807, 2.05) is 18.2 Å². The highest BCUT2D eigenvalue weighted by Gasteiger charge is 2.23. The van der Waals surface area contributed by atoms with E-state index in [0.717, 1.165) is 48.4 Å². The number of carbonyl (C=O) groups is 1. The van der Waals surface area contributed by atoms with Crippen molar-refractivity contribution in [1.82, 2.24) is 14.5 Å². The predicted molar refractivity (Wildman–Crippen MR) is 140 cm³/mol. The Labute approximate surface area is 210 Å². The summed E-state index contributed by atoms with van der Waals surface area (Å²) in [6, 6.07) is 7.29. The van der Waals surface area contributed by atoms with Gasteiger partial charge in [0.05, 0.1) is 11.7 Å². The number of halogens is 1. The number of piperidine rings is 1. The third-order valence-electron chi connectivity index (χ3n) is 6.73. The molecule has 1 aliphatic heterocycles. The first-order valence-electron chi connectivity index (χ1n) is 12.1. The van der Waals surface area contributed by atoms with E-state index in [4.69, 9.17) is 21.3 Å². The van der Waals surface area contributed by atoms with E-state index >= 15 is 0 Å². The number of nitrogens with one attached hydrogen (secondary N) is 1. The maximum absolute atomic E-state index is 12.6. The summed E-state index contributed by atoms with van der Waals surface area (Å²) in [6.45, 7) is 8.06. The Hall–Kier alpha value is -3.13. The number of ether oxygens (including phenoxy) is 1. The monoisotopic (exact) mass is 497 g/mol. The minimum absolute atomic E-state index is 0.0646. The van der Waals surface area contributed by atoms with E-state index in [9.17, 15) is 9.59 Å². The molecule has 3 aromatic rings. The van der Waals surface area contributed by atoms with Crippen molar-refractivity contribution in [2.45, 2.75) is 40.0 Å². The fourth-order valence-electron chi connectivity index (χ4n) is 4.40. The van der Waals surface area contributed by atoms with Gasteiger partial charge < -0.3 is 19.5 Å². The lowest BCUT2D eigenvalue weighted by atomic mass is 9.87. The van der Waals surface area contributed by atoms with E-state index in [-0.39, 0.29) is 23.7 Å². The van der Waals surface area contributed by atoms with Crippen LogP contribution in [0.3, 0.4) is 0 Å². The van der Waals surface area contributed by atoms with Crippen LogP contribution in [-0.4, -0.2) is 40.0 Å². The zero-order valence-corrected chi connectivity index (χ0v) is 21.4. The maximum atomic E-state index is 12.6.